The quantitative estimate of drug-likeness (QED) is 0.655. The number of hydrogen-bond donors (Lipinski definition) is 1. The Labute approximate surface area is 116 Å². The van der Waals surface area contributed by atoms with Crippen molar-refractivity contribution in [3.63, 3.8) is 0 Å². The van der Waals surface area contributed by atoms with Crippen molar-refractivity contribution in [1.29, 1.82) is 0 Å². The molecular weight excluding hydrogens is 264 g/mol. The molecular formula is C13H16N2O5. The van der Waals surface area contributed by atoms with E-state index in [1.807, 2.05) is 0 Å². The Morgan fingerprint density at radius 3 is 2.45 bits per heavy atom. The molecule has 7 nitrogen and oxygen atoms in total. The first kappa shape index (κ1) is 15.6. The number of carbonyl (C=O) groups excluding carboxylic acids is 1. The largest absolute Gasteiger partial charge is 0.480 e. The Balaban J connectivity index is 3.15. The maximum atomic E-state index is 12.2. The Kier molecular flexibility index (Phi) is 4.79. The molecule has 7 heteroatoms. The van der Waals surface area contributed by atoms with Crippen LogP contribution in [0, 0.1) is 17.0 Å². The van der Waals surface area contributed by atoms with Crippen LogP contribution in [0.15, 0.2) is 18.2 Å². The molecule has 0 fully saturated rings. The van der Waals surface area contributed by atoms with Crippen molar-refractivity contribution >= 4 is 17.6 Å². The number of carboxylic acids is 1. The summed E-state index contributed by atoms with van der Waals surface area (Å²) in [7, 11) is 0. The zero-order chi connectivity index (χ0) is 15.4. The van der Waals surface area contributed by atoms with Gasteiger partial charge in [0.2, 0.25) is 0 Å². The van der Waals surface area contributed by atoms with Gasteiger partial charge in [0.05, 0.1) is 4.92 Å². The van der Waals surface area contributed by atoms with Crippen LogP contribution in [0.5, 0.6) is 0 Å². The second kappa shape index (κ2) is 6.14. The predicted octanol–water partition coefficient (Wildman–Crippen LogP) is 1.84. The maximum Gasteiger partial charge on any atom is 0.323 e. The van der Waals surface area contributed by atoms with Crippen LogP contribution >= 0.6 is 0 Å². The van der Waals surface area contributed by atoms with Crippen LogP contribution < -0.4 is 0 Å². The van der Waals surface area contributed by atoms with Crippen LogP contribution in [-0.4, -0.2) is 39.4 Å². The van der Waals surface area contributed by atoms with E-state index in [1.54, 1.807) is 20.8 Å². The number of aryl methyl sites for hydroxylation is 1. The van der Waals surface area contributed by atoms with Crippen molar-refractivity contribution in [2.24, 2.45) is 0 Å². The summed E-state index contributed by atoms with van der Waals surface area (Å²) in [4.78, 5) is 34.5. The van der Waals surface area contributed by atoms with Gasteiger partial charge >= 0.3 is 5.97 Å². The standard InChI is InChI=1S/C13H16N2O5/c1-8(2)14(7-12(16)17)13(18)10-5-4-9(3)11(6-10)15(19)20/h4-6,8H,7H2,1-3H3,(H,16,17). The lowest BCUT2D eigenvalue weighted by atomic mass is 10.1. The molecule has 108 valence electrons. The summed E-state index contributed by atoms with van der Waals surface area (Å²) in [6.45, 7) is 4.49. The van der Waals surface area contributed by atoms with Crippen LogP contribution in [0.1, 0.15) is 29.8 Å². The van der Waals surface area contributed by atoms with Crippen molar-refractivity contribution < 1.29 is 19.6 Å². The average molecular weight is 280 g/mol. The van der Waals surface area contributed by atoms with Crippen LogP contribution in [0.25, 0.3) is 0 Å². The van der Waals surface area contributed by atoms with E-state index in [0.717, 1.165) is 4.90 Å². The molecule has 1 aromatic rings. The van der Waals surface area contributed by atoms with Gasteiger partial charge in [0, 0.05) is 23.2 Å². The number of carboxylic acid groups (broad SMARTS) is 1. The zero-order valence-corrected chi connectivity index (χ0v) is 11.5. The average Bonchev–Trinajstić information content (AvgIpc) is 2.34. The number of amides is 1. The molecule has 0 heterocycles. The number of hydrogen-bond acceptors (Lipinski definition) is 4. The minimum absolute atomic E-state index is 0.109. The van der Waals surface area contributed by atoms with E-state index in [2.05, 4.69) is 0 Å². The molecule has 0 saturated heterocycles. The number of benzene rings is 1. The van der Waals surface area contributed by atoms with Crippen molar-refractivity contribution in [3.8, 4) is 0 Å². The Morgan fingerprint density at radius 2 is 2.00 bits per heavy atom. The number of nitrogens with zero attached hydrogens (tertiary/aromatic N) is 2. The normalized spacial score (nSPS) is 10.4. The molecule has 1 rings (SSSR count). The van der Waals surface area contributed by atoms with Crippen LogP contribution in [0.4, 0.5) is 5.69 Å². The molecule has 0 aliphatic heterocycles. The molecule has 0 aliphatic carbocycles. The molecule has 0 aromatic heterocycles. The number of aliphatic carboxylic acids is 1. The van der Waals surface area contributed by atoms with Gasteiger partial charge in [0.15, 0.2) is 0 Å². The molecule has 20 heavy (non-hydrogen) atoms. The van der Waals surface area contributed by atoms with E-state index in [0.29, 0.717) is 5.56 Å². The zero-order valence-electron chi connectivity index (χ0n) is 11.5. The van der Waals surface area contributed by atoms with Gasteiger partial charge in [-0.25, -0.2) is 0 Å². The fourth-order valence-electron chi connectivity index (χ4n) is 1.74. The number of nitro groups is 1. The molecule has 1 amide bonds. The van der Waals surface area contributed by atoms with E-state index in [1.165, 1.54) is 18.2 Å². The molecule has 0 unspecified atom stereocenters. The lowest BCUT2D eigenvalue weighted by Crippen LogP contribution is -2.40. The molecule has 1 aromatic carbocycles. The fourth-order valence-corrected chi connectivity index (χ4v) is 1.74. The van der Waals surface area contributed by atoms with Crippen molar-refractivity contribution in [3.05, 3.63) is 39.4 Å². The molecule has 0 aliphatic rings. The SMILES string of the molecule is Cc1ccc(C(=O)N(CC(=O)O)C(C)C)cc1[N+](=O)[O-]. The first-order valence-corrected chi connectivity index (χ1v) is 6.01. The topological polar surface area (TPSA) is 101 Å². The van der Waals surface area contributed by atoms with Gasteiger partial charge < -0.3 is 10.0 Å². The van der Waals surface area contributed by atoms with Crippen LogP contribution in [0.3, 0.4) is 0 Å². The lowest BCUT2D eigenvalue weighted by Gasteiger charge is -2.24. The number of carbonyl (C=O) groups is 2. The smallest absolute Gasteiger partial charge is 0.323 e. The van der Waals surface area contributed by atoms with E-state index < -0.39 is 23.3 Å². The van der Waals surface area contributed by atoms with Crippen molar-refractivity contribution in [2.75, 3.05) is 6.54 Å². The summed E-state index contributed by atoms with van der Waals surface area (Å²) in [5.74, 6) is -1.67. The monoisotopic (exact) mass is 280 g/mol. The molecule has 0 saturated carbocycles. The van der Waals surface area contributed by atoms with Crippen LogP contribution in [0.2, 0.25) is 0 Å². The number of nitro benzene ring substituents is 1. The summed E-state index contributed by atoms with van der Waals surface area (Å²) in [5.41, 5.74) is 0.396. The van der Waals surface area contributed by atoms with E-state index in [4.69, 9.17) is 5.11 Å². The first-order valence-electron chi connectivity index (χ1n) is 6.01. The van der Waals surface area contributed by atoms with Crippen molar-refractivity contribution in [2.45, 2.75) is 26.8 Å². The Bertz CT molecular complexity index is 554. The first-order chi connectivity index (χ1) is 9.23. The summed E-state index contributed by atoms with van der Waals surface area (Å²) in [6.07, 6.45) is 0. The predicted molar refractivity (Wildman–Crippen MR) is 71.6 cm³/mol. The van der Waals surface area contributed by atoms with Gasteiger partial charge in [-0.2, -0.15) is 0 Å². The van der Waals surface area contributed by atoms with Gasteiger partial charge in [0.25, 0.3) is 11.6 Å². The van der Waals surface area contributed by atoms with E-state index >= 15 is 0 Å². The van der Waals surface area contributed by atoms with E-state index in [-0.39, 0.29) is 17.3 Å². The molecule has 0 spiro atoms. The van der Waals surface area contributed by atoms with Gasteiger partial charge in [-0.05, 0) is 26.8 Å². The summed E-state index contributed by atoms with van der Waals surface area (Å²) < 4.78 is 0. The Hall–Kier alpha value is -2.44. The second-order valence-corrected chi connectivity index (χ2v) is 4.68. The summed E-state index contributed by atoms with van der Waals surface area (Å²) >= 11 is 0. The van der Waals surface area contributed by atoms with Gasteiger partial charge in [-0.1, -0.05) is 6.07 Å². The molecule has 0 radical (unpaired) electrons. The van der Waals surface area contributed by atoms with Crippen molar-refractivity contribution in [1.82, 2.24) is 4.90 Å². The third-order valence-corrected chi connectivity index (χ3v) is 2.84. The fraction of sp³-hybridized carbons (Fsp3) is 0.385. The highest BCUT2D eigenvalue weighted by Gasteiger charge is 2.23. The summed E-state index contributed by atoms with van der Waals surface area (Å²) in [5, 5.41) is 19.7. The van der Waals surface area contributed by atoms with E-state index in [9.17, 15) is 19.7 Å². The third-order valence-electron chi connectivity index (χ3n) is 2.84. The van der Waals surface area contributed by atoms with Gasteiger partial charge in [-0.3, -0.25) is 19.7 Å². The highest BCUT2D eigenvalue weighted by Crippen LogP contribution is 2.20. The van der Waals surface area contributed by atoms with Crippen LogP contribution in [-0.2, 0) is 4.79 Å². The van der Waals surface area contributed by atoms with Gasteiger partial charge in [0.1, 0.15) is 6.54 Å². The third kappa shape index (κ3) is 3.53. The molecule has 0 atom stereocenters. The molecule has 1 N–H and O–H groups in total. The number of rotatable bonds is 5. The summed E-state index contributed by atoms with van der Waals surface area (Å²) in [6, 6.07) is 3.79. The minimum Gasteiger partial charge on any atom is -0.480 e. The highest BCUT2D eigenvalue weighted by atomic mass is 16.6. The second-order valence-electron chi connectivity index (χ2n) is 4.68. The highest BCUT2D eigenvalue weighted by molar-refractivity contribution is 5.96. The molecule has 0 bridgehead atoms. The minimum atomic E-state index is -1.13. The Morgan fingerprint density at radius 1 is 1.40 bits per heavy atom. The maximum absolute atomic E-state index is 12.2. The van der Waals surface area contributed by atoms with Gasteiger partial charge in [-0.15, -0.1) is 0 Å². The lowest BCUT2D eigenvalue weighted by molar-refractivity contribution is -0.385.